The minimum absolute atomic E-state index is 0.634. The smallest absolute Gasteiger partial charge is 0.242 e. The Hall–Kier alpha value is -1.58. The molecule has 0 aromatic carbocycles. The SMILES string of the molecule is C=Cc1cn2nncc2o1. The Morgan fingerprint density at radius 1 is 1.70 bits per heavy atom. The second-order valence-corrected chi connectivity index (χ2v) is 1.85. The fraction of sp³-hybridized carbons (Fsp3) is 0. The molecule has 4 heteroatoms. The predicted octanol–water partition coefficient (Wildman–Crippen LogP) is 0.965. The minimum Gasteiger partial charge on any atom is -0.436 e. The monoisotopic (exact) mass is 135 g/mol. The van der Waals surface area contributed by atoms with Gasteiger partial charge in [-0.1, -0.05) is 11.8 Å². The van der Waals surface area contributed by atoms with Gasteiger partial charge in [0.05, 0.1) is 6.20 Å². The van der Waals surface area contributed by atoms with Gasteiger partial charge in [-0.25, -0.2) is 0 Å². The van der Waals surface area contributed by atoms with Crippen LogP contribution in [0.2, 0.25) is 0 Å². The first kappa shape index (κ1) is 5.22. The van der Waals surface area contributed by atoms with Gasteiger partial charge >= 0.3 is 0 Å². The zero-order valence-corrected chi connectivity index (χ0v) is 5.19. The molecular formula is C6H5N3O. The molecule has 2 rings (SSSR count). The summed E-state index contributed by atoms with van der Waals surface area (Å²) in [7, 11) is 0. The molecule has 0 aliphatic heterocycles. The summed E-state index contributed by atoms with van der Waals surface area (Å²) in [6.45, 7) is 3.55. The number of fused-ring (bicyclic) bond motifs is 1. The van der Waals surface area contributed by atoms with Crippen molar-refractivity contribution in [3.05, 3.63) is 24.7 Å². The lowest BCUT2D eigenvalue weighted by molar-refractivity contribution is 0.596. The molecule has 0 saturated heterocycles. The number of aromatic nitrogens is 3. The van der Waals surface area contributed by atoms with E-state index in [1.54, 1.807) is 23.0 Å². The minimum atomic E-state index is 0.634. The van der Waals surface area contributed by atoms with Crippen LogP contribution in [0.15, 0.2) is 23.4 Å². The summed E-state index contributed by atoms with van der Waals surface area (Å²) in [5.74, 6) is 0.699. The molecule has 0 atom stereocenters. The molecule has 0 spiro atoms. The second kappa shape index (κ2) is 1.70. The van der Waals surface area contributed by atoms with Crippen molar-refractivity contribution in [2.45, 2.75) is 0 Å². The van der Waals surface area contributed by atoms with Crippen LogP contribution in [0.3, 0.4) is 0 Å². The highest BCUT2D eigenvalue weighted by Crippen LogP contribution is 2.07. The van der Waals surface area contributed by atoms with Crippen LogP contribution >= 0.6 is 0 Å². The molecule has 0 unspecified atom stereocenters. The molecule has 2 aromatic rings. The summed E-state index contributed by atoms with van der Waals surface area (Å²) in [4.78, 5) is 0. The Kier molecular flexibility index (Phi) is 0.887. The fourth-order valence-corrected chi connectivity index (χ4v) is 0.759. The van der Waals surface area contributed by atoms with Gasteiger partial charge in [0.15, 0.2) is 0 Å². The van der Waals surface area contributed by atoms with Crippen molar-refractivity contribution >= 4 is 11.8 Å². The lowest BCUT2D eigenvalue weighted by Gasteiger charge is -1.73. The van der Waals surface area contributed by atoms with Gasteiger partial charge < -0.3 is 4.42 Å². The highest BCUT2D eigenvalue weighted by molar-refractivity contribution is 5.42. The molecular weight excluding hydrogens is 130 g/mol. The largest absolute Gasteiger partial charge is 0.436 e. The van der Waals surface area contributed by atoms with Crippen LogP contribution in [-0.2, 0) is 0 Å². The number of oxazole rings is 1. The summed E-state index contributed by atoms with van der Waals surface area (Å²) >= 11 is 0. The fourth-order valence-electron chi connectivity index (χ4n) is 0.759. The molecule has 0 N–H and O–H groups in total. The van der Waals surface area contributed by atoms with E-state index in [0.717, 1.165) is 0 Å². The maximum absolute atomic E-state index is 5.18. The van der Waals surface area contributed by atoms with Gasteiger partial charge in [-0.15, -0.1) is 5.10 Å². The Bertz CT molecular complexity index is 331. The zero-order chi connectivity index (χ0) is 6.97. The Morgan fingerprint density at radius 3 is 3.30 bits per heavy atom. The van der Waals surface area contributed by atoms with E-state index in [9.17, 15) is 0 Å². The van der Waals surface area contributed by atoms with Crippen molar-refractivity contribution in [2.24, 2.45) is 0 Å². The molecule has 10 heavy (non-hydrogen) atoms. The van der Waals surface area contributed by atoms with Crippen molar-refractivity contribution in [3.8, 4) is 0 Å². The maximum Gasteiger partial charge on any atom is 0.242 e. The molecule has 0 radical (unpaired) electrons. The van der Waals surface area contributed by atoms with Crippen LogP contribution in [0.1, 0.15) is 5.76 Å². The van der Waals surface area contributed by atoms with Gasteiger partial charge in [-0.05, 0) is 6.08 Å². The number of hydrogen-bond acceptors (Lipinski definition) is 3. The van der Waals surface area contributed by atoms with E-state index in [-0.39, 0.29) is 0 Å². The molecule has 0 amide bonds. The molecule has 0 saturated carbocycles. The first-order valence-corrected chi connectivity index (χ1v) is 2.82. The summed E-state index contributed by atoms with van der Waals surface area (Å²) in [6, 6.07) is 0. The van der Waals surface area contributed by atoms with E-state index in [1.165, 1.54) is 0 Å². The first-order valence-electron chi connectivity index (χ1n) is 2.82. The third-order valence-corrected chi connectivity index (χ3v) is 1.22. The molecule has 50 valence electrons. The van der Waals surface area contributed by atoms with Crippen molar-refractivity contribution in [2.75, 3.05) is 0 Å². The molecule has 0 aliphatic carbocycles. The van der Waals surface area contributed by atoms with Crippen molar-refractivity contribution in [1.29, 1.82) is 0 Å². The number of rotatable bonds is 1. The van der Waals surface area contributed by atoms with Gasteiger partial charge in [0.1, 0.15) is 12.0 Å². The third kappa shape index (κ3) is 0.556. The quantitative estimate of drug-likeness (QED) is 0.585. The summed E-state index contributed by atoms with van der Waals surface area (Å²) < 4.78 is 6.73. The first-order chi connectivity index (χ1) is 4.90. The zero-order valence-electron chi connectivity index (χ0n) is 5.19. The summed E-state index contributed by atoms with van der Waals surface area (Å²) in [5, 5.41) is 7.33. The Balaban J connectivity index is 2.78. The molecule has 2 heterocycles. The van der Waals surface area contributed by atoms with E-state index < -0.39 is 0 Å². The molecule has 0 bridgehead atoms. The van der Waals surface area contributed by atoms with Gasteiger partial charge in [0, 0.05) is 0 Å². The van der Waals surface area contributed by atoms with E-state index in [2.05, 4.69) is 16.9 Å². The van der Waals surface area contributed by atoms with Crippen LogP contribution in [-0.4, -0.2) is 14.8 Å². The normalized spacial score (nSPS) is 10.4. The second-order valence-electron chi connectivity index (χ2n) is 1.85. The van der Waals surface area contributed by atoms with Crippen LogP contribution < -0.4 is 0 Å². The topological polar surface area (TPSA) is 43.3 Å². The molecule has 0 fully saturated rings. The lowest BCUT2D eigenvalue weighted by atomic mass is 10.5. The van der Waals surface area contributed by atoms with E-state index in [4.69, 9.17) is 4.42 Å². The summed E-state index contributed by atoms with van der Waals surface area (Å²) in [5.41, 5.74) is 0.634. The van der Waals surface area contributed by atoms with Crippen molar-refractivity contribution in [1.82, 2.24) is 14.8 Å². The Morgan fingerprint density at radius 2 is 2.60 bits per heavy atom. The van der Waals surface area contributed by atoms with Gasteiger partial charge in [0.25, 0.3) is 0 Å². The van der Waals surface area contributed by atoms with E-state index in [0.29, 0.717) is 11.5 Å². The lowest BCUT2D eigenvalue weighted by Crippen LogP contribution is -1.78. The van der Waals surface area contributed by atoms with Crippen LogP contribution in [0.25, 0.3) is 11.8 Å². The average Bonchev–Trinajstić information content (AvgIpc) is 2.42. The van der Waals surface area contributed by atoms with E-state index in [1.807, 2.05) is 0 Å². The highest BCUT2D eigenvalue weighted by Gasteiger charge is 1.99. The molecule has 2 aromatic heterocycles. The van der Waals surface area contributed by atoms with Crippen LogP contribution in [0, 0.1) is 0 Å². The molecule has 4 nitrogen and oxygen atoms in total. The average molecular weight is 135 g/mol. The third-order valence-electron chi connectivity index (χ3n) is 1.22. The van der Waals surface area contributed by atoms with Crippen molar-refractivity contribution < 1.29 is 4.42 Å². The Labute approximate surface area is 56.8 Å². The van der Waals surface area contributed by atoms with Crippen molar-refractivity contribution in [3.63, 3.8) is 0 Å². The molecule has 0 aliphatic rings. The van der Waals surface area contributed by atoms with E-state index >= 15 is 0 Å². The number of nitrogens with zero attached hydrogens (tertiary/aromatic N) is 3. The van der Waals surface area contributed by atoms with Gasteiger partial charge in [-0.3, -0.25) is 0 Å². The summed E-state index contributed by atoms with van der Waals surface area (Å²) in [6.07, 6.45) is 4.89. The maximum atomic E-state index is 5.18. The predicted molar refractivity (Wildman–Crippen MR) is 35.3 cm³/mol. The highest BCUT2D eigenvalue weighted by atomic mass is 16.4. The van der Waals surface area contributed by atoms with Crippen LogP contribution in [0.5, 0.6) is 0 Å². The standard InChI is InChI=1S/C6H5N3O/c1-2-5-4-9-6(10-5)3-7-8-9/h2-4H,1H2. The van der Waals surface area contributed by atoms with Gasteiger partial charge in [-0.2, -0.15) is 4.52 Å². The van der Waals surface area contributed by atoms with Crippen LogP contribution in [0.4, 0.5) is 0 Å². The van der Waals surface area contributed by atoms with Gasteiger partial charge in [0.2, 0.25) is 5.71 Å². The number of hydrogen-bond donors (Lipinski definition) is 0.